The average molecular weight is 307 g/mol. The number of amides is 1. The minimum absolute atomic E-state index is 0.133. The highest BCUT2D eigenvalue weighted by Gasteiger charge is 2.25. The van der Waals surface area contributed by atoms with Gasteiger partial charge in [-0.15, -0.1) is 0 Å². The third kappa shape index (κ3) is 6.26. The first-order valence-corrected chi connectivity index (χ1v) is 7.59. The molecule has 0 aliphatic rings. The van der Waals surface area contributed by atoms with E-state index < -0.39 is 12.0 Å². The number of hydrogen-bond acceptors (Lipinski definition) is 3. The molecule has 22 heavy (non-hydrogen) atoms. The van der Waals surface area contributed by atoms with Crippen LogP contribution in [0.4, 0.5) is 0 Å². The Labute approximate surface area is 131 Å². The van der Waals surface area contributed by atoms with Crippen molar-refractivity contribution < 1.29 is 19.4 Å². The van der Waals surface area contributed by atoms with Crippen LogP contribution in [-0.2, 0) is 20.9 Å². The summed E-state index contributed by atoms with van der Waals surface area (Å²) >= 11 is 0. The van der Waals surface area contributed by atoms with Crippen LogP contribution in [0.5, 0.6) is 0 Å². The van der Waals surface area contributed by atoms with Crippen molar-refractivity contribution in [2.75, 3.05) is 6.61 Å². The first-order chi connectivity index (χ1) is 10.4. The zero-order chi connectivity index (χ0) is 16.5. The topological polar surface area (TPSA) is 66.8 Å². The molecule has 5 heteroatoms. The smallest absolute Gasteiger partial charge is 0.326 e. The van der Waals surface area contributed by atoms with E-state index in [1.165, 1.54) is 11.8 Å². The van der Waals surface area contributed by atoms with E-state index in [0.29, 0.717) is 19.6 Å². The average Bonchev–Trinajstić information content (AvgIpc) is 2.49. The van der Waals surface area contributed by atoms with Crippen LogP contribution in [0.15, 0.2) is 30.3 Å². The molecule has 5 nitrogen and oxygen atoms in total. The van der Waals surface area contributed by atoms with Crippen LogP contribution in [0.2, 0.25) is 0 Å². The molecule has 0 aliphatic heterocycles. The highest BCUT2D eigenvalue weighted by Crippen LogP contribution is 2.11. The highest BCUT2D eigenvalue weighted by atomic mass is 16.5. The fraction of sp³-hybridized carbons (Fsp3) is 0.529. The van der Waals surface area contributed by atoms with Crippen LogP contribution in [0.1, 0.15) is 39.2 Å². The van der Waals surface area contributed by atoms with Crippen LogP contribution >= 0.6 is 0 Å². The number of carboxylic acids is 1. The minimum Gasteiger partial charge on any atom is -0.480 e. The van der Waals surface area contributed by atoms with Crippen molar-refractivity contribution in [1.29, 1.82) is 0 Å². The van der Waals surface area contributed by atoms with Gasteiger partial charge in [-0.25, -0.2) is 4.79 Å². The molecule has 0 bridgehead atoms. The Morgan fingerprint density at radius 3 is 2.36 bits per heavy atom. The second-order valence-corrected chi connectivity index (χ2v) is 5.54. The van der Waals surface area contributed by atoms with Crippen molar-refractivity contribution in [3.05, 3.63) is 35.9 Å². The summed E-state index contributed by atoms with van der Waals surface area (Å²) in [5, 5.41) is 9.21. The fourth-order valence-electron chi connectivity index (χ4n) is 2.04. The number of rotatable bonds is 9. The molecular weight excluding hydrogens is 282 g/mol. The van der Waals surface area contributed by atoms with Crippen molar-refractivity contribution in [3.8, 4) is 0 Å². The van der Waals surface area contributed by atoms with E-state index in [2.05, 4.69) is 0 Å². The molecule has 0 aromatic heterocycles. The number of ether oxygens (including phenoxy) is 1. The molecule has 1 aromatic rings. The predicted octanol–water partition coefficient (Wildman–Crippen LogP) is 2.69. The Morgan fingerprint density at radius 2 is 1.82 bits per heavy atom. The number of carbonyl (C=O) groups excluding carboxylic acids is 1. The van der Waals surface area contributed by atoms with Gasteiger partial charge in [0.1, 0.15) is 6.04 Å². The predicted molar refractivity (Wildman–Crippen MR) is 84.4 cm³/mol. The van der Waals surface area contributed by atoms with Crippen LogP contribution < -0.4 is 0 Å². The standard InChI is InChI=1S/C17H25NO4/c1-13(2)22-11-7-10-16(19)18(14(3)17(20)21)12-15-8-5-4-6-9-15/h4-6,8-9,13-14H,7,10-12H2,1-3H3,(H,20,21). The van der Waals surface area contributed by atoms with E-state index >= 15 is 0 Å². The third-order valence-electron chi connectivity index (χ3n) is 3.33. The van der Waals surface area contributed by atoms with Gasteiger partial charge in [0.15, 0.2) is 0 Å². The summed E-state index contributed by atoms with van der Waals surface area (Å²) < 4.78 is 5.41. The van der Waals surface area contributed by atoms with Gasteiger partial charge in [-0.3, -0.25) is 4.79 Å². The normalized spacial score (nSPS) is 12.2. The summed E-state index contributed by atoms with van der Waals surface area (Å²) in [4.78, 5) is 25.0. The number of carbonyl (C=O) groups is 2. The van der Waals surface area contributed by atoms with E-state index in [0.717, 1.165) is 5.56 Å². The van der Waals surface area contributed by atoms with Crippen LogP contribution in [0.25, 0.3) is 0 Å². The van der Waals surface area contributed by atoms with E-state index in [9.17, 15) is 14.7 Å². The molecule has 1 amide bonds. The molecule has 0 aliphatic carbocycles. The second-order valence-electron chi connectivity index (χ2n) is 5.54. The van der Waals surface area contributed by atoms with Crippen LogP contribution in [0, 0.1) is 0 Å². The summed E-state index contributed by atoms with van der Waals surface area (Å²) in [6, 6.07) is 8.56. The van der Waals surface area contributed by atoms with E-state index in [1.807, 2.05) is 44.2 Å². The maximum absolute atomic E-state index is 12.3. The van der Waals surface area contributed by atoms with Gasteiger partial charge in [0.25, 0.3) is 0 Å². The Morgan fingerprint density at radius 1 is 1.18 bits per heavy atom. The maximum Gasteiger partial charge on any atom is 0.326 e. The summed E-state index contributed by atoms with van der Waals surface area (Å²) in [5.74, 6) is -1.16. The summed E-state index contributed by atoms with van der Waals surface area (Å²) in [6.45, 7) is 6.22. The molecule has 0 saturated carbocycles. The SMILES string of the molecule is CC(C)OCCCC(=O)N(Cc1ccccc1)C(C)C(=O)O. The molecule has 1 unspecified atom stereocenters. The summed E-state index contributed by atoms with van der Waals surface area (Å²) in [7, 11) is 0. The van der Waals surface area contributed by atoms with Crippen LogP contribution in [-0.4, -0.2) is 40.6 Å². The Hall–Kier alpha value is -1.88. The van der Waals surface area contributed by atoms with Gasteiger partial charge >= 0.3 is 5.97 Å². The zero-order valence-electron chi connectivity index (χ0n) is 13.5. The third-order valence-corrected chi connectivity index (χ3v) is 3.33. The molecule has 0 saturated heterocycles. The number of nitrogens with zero attached hydrogens (tertiary/aromatic N) is 1. The van der Waals surface area contributed by atoms with Gasteiger partial charge in [-0.1, -0.05) is 30.3 Å². The molecule has 1 N–H and O–H groups in total. The van der Waals surface area contributed by atoms with Gasteiger partial charge < -0.3 is 14.7 Å². The van der Waals surface area contributed by atoms with Crippen molar-refractivity contribution >= 4 is 11.9 Å². The molecule has 1 aromatic carbocycles. The lowest BCUT2D eigenvalue weighted by Gasteiger charge is -2.27. The Kier molecular flexibility index (Phi) is 7.60. The molecule has 0 spiro atoms. The number of hydrogen-bond donors (Lipinski definition) is 1. The highest BCUT2D eigenvalue weighted by molar-refractivity contribution is 5.83. The maximum atomic E-state index is 12.3. The molecule has 0 heterocycles. The van der Waals surface area contributed by atoms with Gasteiger partial charge in [0.2, 0.25) is 5.91 Å². The number of carboxylic acid groups (broad SMARTS) is 1. The lowest BCUT2D eigenvalue weighted by molar-refractivity contribution is -0.150. The molecular formula is C17H25NO4. The first kappa shape index (κ1) is 18.2. The quantitative estimate of drug-likeness (QED) is 0.712. The molecule has 1 rings (SSSR count). The van der Waals surface area contributed by atoms with Gasteiger partial charge in [0, 0.05) is 19.6 Å². The number of benzene rings is 1. The first-order valence-electron chi connectivity index (χ1n) is 7.59. The number of aliphatic carboxylic acids is 1. The van der Waals surface area contributed by atoms with E-state index in [4.69, 9.17) is 4.74 Å². The monoisotopic (exact) mass is 307 g/mol. The second kappa shape index (κ2) is 9.20. The molecule has 0 radical (unpaired) electrons. The van der Waals surface area contributed by atoms with Gasteiger partial charge in [-0.2, -0.15) is 0 Å². The lowest BCUT2D eigenvalue weighted by atomic mass is 10.1. The fourth-order valence-corrected chi connectivity index (χ4v) is 2.04. The molecule has 1 atom stereocenters. The molecule has 0 fully saturated rings. The summed E-state index contributed by atoms with van der Waals surface area (Å²) in [6.07, 6.45) is 1.01. The van der Waals surface area contributed by atoms with Crippen molar-refractivity contribution in [2.45, 2.75) is 52.3 Å². The summed E-state index contributed by atoms with van der Waals surface area (Å²) in [5.41, 5.74) is 0.919. The largest absolute Gasteiger partial charge is 0.480 e. The van der Waals surface area contributed by atoms with Crippen molar-refractivity contribution in [3.63, 3.8) is 0 Å². The van der Waals surface area contributed by atoms with Gasteiger partial charge in [0.05, 0.1) is 6.10 Å². The lowest BCUT2D eigenvalue weighted by Crippen LogP contribution is -2.42. The van der Waals surface area contributed by atoms with Crippen LogP contribution in [0.3, 0.4) is 0 Å². The minimum atomic E-state index is -0.997. The van der Waals surface area contributed by atoms with E-state index in [-0.39, 0.29) is 18.4 Å². The Bertz CT molecular complexity index is 473. The van der Waals surface area contributed by atoms with Crippen molar-refractivity contribution in [1.82, 2.24) is 4.90 Å². The molecule has 122 valence electrons. The zero-order valence-corrected chi connectivity index (χ0v) is 13.5. The van der Waals surface area contributed by atoms with E-state index in [1.54, 1.807) is 0 Å². The Balaban J connectivity index is 2.65. The van der Waals surface area contributed by atoms with Gasteiger partial charge in [-0.05, 0) is 32.8 Å². The van der Waals surface area contributed by atoms with Crippen molar-refractivity contribution in [2.24, 2.45) is 0 Å².